The number of H-pyrrole nitrogens is 1. The van der Waals surface area contributed by atoms with E-state index in [0.717, 1.165) is 5.82 Å². The Balaban J connectivity index is 2.59. The highest BCUT2D eigenvalue weighted by Gasteiger charge is 2.25. The SMILES string of the molecule is CN(Cc1ncc[nH]1)C(=O)C(C)(C)N. The zero-order valence-corrected chi connectivity index (χ0v) is 8.74. The highest BCUT2D eigenvalue weighted by molar-refractivity contribution is 5.84. The van der Waals surface area contributed by atoms with Gasteiger partial charge in [0.15, 0.2) is 0 Å². The molecule has 0 radical (unpaired) electrons. The first-order valence-electron chi connectivity index (χ1n) is 4.44. The number of aromatic nitrogens is 2. The molecule has 0 unspecified atom stereocenters. The fraction of sp³-hybridized carbons (Fsp3) is 0.556. The molecule has 1 heterocycles. The van der Waals surface area contributed by atoms with Crippen LogP contribution in [0.3, 0.4) is 0 Å². The van der Waals surface area contributed by atoms with Gasteiger partial charge in [0.1, 0.15) is 5.82 Å². The third kappa shape index (κ3) is 2.56. The summed E-state index contributed by atoms with van der Waals surface area (Å²) in [6.45, 7) is 3.83. The first-order chi connectivity index (χ1) is 6.41. The molecule has 0 fully saturated rings. The molecule has 0 aliphatic heterocycles. The van der Waals surface area contributed by atoms with Crippen molar-refractivity contribution in [1.29, 1.82) is 0 Å². The lowest BCUT2D eigenvalue weighted by atomic mass is 10.1. The summed E-state index contributed by atoms with van der Waals surface area (Å²) in [6, 6.07) is 0. The largest absolute Gasteiger partial charge is 0.347 e. The number of carbonyl (C=O) groups excluding carboxylic acids is 1. The monoisotopic (exact) mass is 196 g/mol. The Morgan fingerprint density at radius 2 is 2.36 bits per heavy atom. The van der Waals surface area contributed by atoms with Gasteiger partial charge in [-0.1, -0.05) is 0 Å². The Bertz CT molecular complexity index is 299. The number of hydrogen-bond donors (Lipinski definition) is 2. The number of imidazole rings is 1. The number of hydrogen-bond acceptors (Lipinski definition) is 3. The number of carbonyl (C=O) groups is 1. The Morgan fingerprint density at radius 3 is 2.79 bits per heavy atom. The Hall–Kier alpha value is -1.36. The molecule has 5 nitrogen and oxygen atoms in total. The number of nitrogens with one attached hydrogen (secondary N) is 1. The molecule has 5 heteroatoms. The number of nitrogens with zero attached hydrogens (tertiary/aromatic N) is 2. The Kier molecular flexibility index (Phi) is 2.90. The van der Waals surface area contributed by atoms with Crippen molar-refractivity contribution in [3.8, 4) is 0 Å². The second kappa shape index (κ2) is 3.79. The van der Waals surface area contributed by atoms with Crippen molar-refractivity contribution in [2.45, 2.75) is 25.9 Å². The number of rotatable bonds is 3. The molecule has 0 saturated carbocycles. The number of amides is 1. The van der Waals surface area contributed by atoms with E-state index in [1.807, 2.05) is 0 Å². The van der Waals surface area contributed by atoms with Crippen LogP contribution in [0.25, 0.3) is 0 Å². The van der Waals surface area contributed by atoms with Gasteiger partial charge in [-0.15, -0.1) is 0 Å². The van der Waals surface area contributed by atoms with Crippen LogP contribution in [0.1, 0.15) is 19.7 Å². The van der Waals surface area contributed by atoms with E-state index in [0.29, 0.717) is 6.54 Å². The third-order valence-electron chi connectivity index (χ3n) is 1.84. The quantitative estimate of drug-likeness (QED) is 0.720. The molecule has 14 heavy (non-hydrogen) atoms. The van der Waals surface area contributed by atoms with Gasteiger partial charge in [-0.3, -0.25) is 4.79 Å². The van der Waals surface area contributed by atoms with E-state index >= 15 is 0 Å². The van der Waals surface area contributed by atoms with Crippen molar-refractivity contribution in [2.24, 2.45) is 5.73 Å². The molecule has 1 aromatic heterocycles. The fourth-order valence-corrected chi connectivity index (χ4v) is 1.17. The van der Waals surface area contributed by atoms with Crippen LogP contribution in [-0.4, -0.2) is 33.4 Å². The molecular formula is C9H16N4O. The van der Waals surface area contributed by atoms with Gasteiger partial charge in [0.25, 0.3) is 0 Å². The summed E-state index contributed by atoms with van der Waals surface area (Å²) in [6.07, 6.45) is 3.38. The van der Waals surface area contributed by atoms with E-state index in [1.54, 1.807) is 38.2 Å². The van der Waals surface area contributed by atoms with Gasteiger partial charge in [-0.25, -0.2) is 4.98 Å². The van der Waals surface area contributed by atoms with Crippen molar-refractivity contribution in [3.05, 3.63) is 18.2 Å². The molecule has 0 aliphatic carbocycles. The van der Waals surface area contributed by atoms with E-state index < -0.39 is 5.54 Å². The lowest BCUT2D eigenvalue weighted by Gasteiger charge is -2.24. The minimum absolute atomic E-state index is 0.103. The van der Waals surface area contributed by atoms with Crippen LogP contribution in [0, 0.1) is 0 Å². The molecule has 1 amide bonds. The van der Waals surface area contributed by atoms with E-state index in [-0.39, 0.29) is 5.91 Å². The van der Waals surface area contributed by atoms with Gasteiger partial charge < -0.3 is 15.6 Å². The van der Waals surface area contributed by atoms with Crippen LogP contribution in [0.5, 0.6) is 0 Å². The van der Waals surface area contributed by atoms with E-state index in [4.69, 9.17) is 5.73 Å². The molecule has 3 N–H and O–H groups in total. The standard InChI is InChI=1S/C9H16N4O/c1-9(2,10)8(14)13(3)6-7-11-4-5-12-7/h4-5H,6,10H2,1-3H3,(H,11,12). The molecule has 0 bridgehead atoms. The maximum atomic E-state index is 11.7. The van der Waals surface area contributed by atoms with Crippen LogP contribution in [0.4, 0.5) is 0 Å². The lowest BCUT2D eigenvalue weighted by molar-refractivity contribution is -0.135. The summed E-state index contributed by atoms with van der Waals surface area (Å²) in [5.41, 5.74) is 4.86. The zero-order chi connectivity index (χ0) is 10.8. The predicted octanol–water partition coefficient (Wildman–Crippen LogP) is 0.105. The average molecular weight is 196 g/mol. The van der Waals surface area contributed by atoms with Crippen LogP contribution in [0.15, 0.2) is 12.4 Å². The average Bonchev–Trinajstić information content (AvgIpc) is 2.53. The van der Waals surface area contributed by atoms with Crippen LogP contribution >= 0.6 is 0 Å². The van der Waals surface area contributed by atoms with Crippen LogP contribution in [-0.2, 0) is 11.3 Å². The molecule has 0 aromatic carbocycles. The van der Waals surface area contributed by atoms with Crippen molar-refractivity contribution in [2.75, 3.05) is 7.05 Å². The zero-order valence-electron chi connectivity index (χ0n) is 8.74. The van der Waals surface area contributed by atoms with Gasteiger partial charge in [-0.05, 0) is 13.8 Å². The first kappa shape index (κ1) is 10.7. The van der Waals surface area contributed by atoms with Gasteiger partial charge >= 0.3 is 0 Å². The second-order valence-electron chi connectivity index (χ2n) is 3.92. The number of nitrogens with two attached hydrogens (primary N) is 1. The Labute approximate surface area is 83.3 Å². The number of likely N-dealkylation sites (N-methyl/N-ethyl adjacent to an activating group) is 1. The highest BCUT2D eigenvalue weighted by atomic mass is 16.2. The number of aromatic amines is 1. The molecule has 0 aliphatic rings. The molecule has 78 valence electrons. The molecular weight excluding hydrogens is 180 g/mol. The minimum Gasteiger partial charge on any atom is -0.347 e. The molecule has 1 rings (SSSR count). The van der Waals surface area contributed by atoms with Gasteiger partial charge in [-0.2, -0.15) is 0 Å². The topological polar surface area (TPSA) is 75.0 Å². The van der Waals surface area contributed by atoms with Crippen molar-refractivity contribution >= 4 is 5.91 Å². The van der Waals surface area contributed by atoms with E-state index in [2.05, 4.69) is 9.97 Å². The van der Waals surface area contributed by atoms with Gasteiger partial charge in [0.2, 0.25) is 5.91 Å². The van der Waals surface area contributed by atoms with E-state index in [1.165, 1.54) is 0 Å². The van der Waals surface area contributed by atoms with Crippen LogP contribution < -0.4 is 5.73 Å². The molecule has 0 saturated heterocycles. The first-order valence-corrected chi connectivity index (χ1v) is 4.44. The lowest BCUT2D eigenvalue weighted by Crippen LogP contribution is -2.49. The summed E-state index contributed by atoms with van der Waals surface area (Å²) in [4.78, 5) is 20.2. The second-order valence-corrected chi connectivity index (χ2v) is 3.92. The maximum Gasteiger partial charge on any atom is 0.242 e. The fourth-order valence-electron chi connectivity index (χ4n) is 1.17. The van der Waals surface area contributed by atoms with Gasteiger partial charge in [0.05, 0.1) is 12.1 Å². The maximum absolute atomic E-state index is 11.7. The highest BCUT2D eigenvalue weighted by Crippen LogP contribution is 2.05. The Morgan fingerprint density at radius 1 is 1.71 bits per heavy atom. The normalized spacial score (nSPS) is 11.4. The van der Waals surface area contributed by atoms with Crippen molar-refractivity contribution < 1.29 is 4.79 Å². The summed E-state index contributed by atoms with van der Waals surface area (Å²) in [5.74, 6) is 0.652. The summed E-state index contributed by atoms with van der Waals surface area (Å²) >= 11 is 0. The van der Waals surface area contributed by atoms with Gasteiger partial charge in [0, 0.05) is 19.4 Å². The molecule has 0 atom stereocenters. The van der Waals surface area contributed by atoms with Crippen LogP contribution in [0.2, 0.25) is 0 Å². The molecule has 1 aromatic rings. The summed E-state index contributed by atoms with van der Waals surface area (Å²) in [5, 5.41) is 0. The molecule has 0 spiro atoms. The predicted molar refractivity (Wildman–Crippen MR) is 53.3 cm³/mol. The van der Waals surface area contributed by atoms with E-state index in [9.17, 15) is 4.79 Å². The summed E-state index contributed by atoms with van der Waals surface area (Å²) in [7, 11) is 1.71. The third-order valence-corrected chi connectivity index (χ3v) is 1.84. The van der Waals surface area contributed by atoms with Crippen molar-refractivity contribution in [3.63, 3.8) is 0 Å². The summed E-state index contributed by atoms with van der Waals surface area (Å²) < 4.78 is 0. The van der Waals surface area contributed by atoms with Crippen molar-refractivity contribution in [1.82, 2.24) is 14.9 Å². The smallest absolute Gasteiger partial charge is 0.242 e. The minimum atomic E-state index is -0.832.